The number of nitrogens with two attached hydrogens (primary N) is 1. The van der Waals surface area contributed by atoms with Crippen LogP contribution in [0.3, 0.4) is 0 Å². The molecule has 0 heterocycles. The van der Waals surface area contributed by atoms with Crippen LogP contribution in [0, 0.1) is 0 Å². The van der Waals surface area contributed by atoms with E-state index in [4.69, 9.17) is 15.2 Å². The zero-order valence-electron chi connectivity index (χ0n) is 10.6. The van der Waals surface area contributed by atoms with Gasteiger partial charge in [-0.1, -0.05) is 15.9 Å². The van der Waals surface area contributed by atoms with Crippen LogP contribution >= 0.6 is 15.9 Å². The Balaban J connectivity index is 2.76. The maximum Gasteiger partial charge on any atom is 0.122 e. The zero-order valence-corrected chi connectivity index (χ0v) is 12.2. The number of hydrogen-bond acceptors (Lipinski definition) is 3. The van der Waals surface area contributed by atoms with E-state index in [9.17, 15) is 0 Å². The van der Waals surface area contributed by atoms with Gasteiger partial charge in [0.15, 0.2) is 0 Å². The lowest BCUT2D eigenvalue weighted by Crippen LogP contribution is -2.36. The van der Waals surface area contributed by atoms with Crippen molar-refractivity contribution in [3.63, 3.8) is 0 Å². The van der Waals surface area contributed by atoms with Crippen LogP contribution in [0.15, 0.2) is 22.7 Å². The first-order valence-corrected chi connectivity index (χ1v) is 6.57. The monoisotopic (exact) mass is 301 g/mol. The number of benzene rings is 1. The SMILES string of the molecule is CCOC(C)C(N)Cc1cc(Br)ccc1OC. The second-order valence-corrected chi connectivity index (χ2v) is 4.90. The average Bonchev–Trinajstić information content (AvgIpc) is 2.29. The van der Waals surface area contributed by atoms with Gasteiger partial charge in [-0.2, -0.15) is 0 Å². The van der Waals surface area contributed by atoms with Crippen LogP contribution in [0.5, 0.6) is 5.75 Å². The molecule has 0 aliphatic rings. The molecule has 17 heavy (non-hydrogen) atoms. The Morgan fingerprint density at radius 1 is 1.41 bits per heavy atom. The van der Waals surface area contributed by atoms with E-state index in [1.807, 2.05) is 32.0 Å². The minimum Gasteiger partial charge on any atom is -0.496 e. The molecule has 1 aromatic carbocycles. The van der Waals surface area contributed by atoms with Gasteiger partial charge >= 0.3 is 0 Å². The predicted octanol–water partition coefficient (Wildman–Crippen LogP) is 2.75. The third kappa shape index (κ3) is 4.30. The number of rotatable bonds is 6. The van der Waals surface area contributed by atoms with Crippen LogP contribution < -0.4 is 10.5 Å². The Morgan fingerprint density at radius 3 is 2.71 bits per heavy atom. The molecule has 0 aliphatic heterocycles. The summed E-state index contributed by atoms with van der Waals surface area (Å²) in [5.41, 5.74) is 7.21. The third-order valence-corrected chi connectivity index (χ3v) is 3.22. The van der Waals surface area contributed by atoms with E-state index in [0.29, 0.717) is 6.61 Å². The lowest BCUT2D eigenvalue weighted by Gasteiger charge is -2.21. The molecule has 0 saturated carbocycles. The molecule has 0 aromatic heterocycles. The van der Waals surface area contributed by atoms with Crippen molar-refractivity contribution in [1.82, 2.24) is 0 Å². The van der Waals surface area contributed by atoms with Crippen LogP contribution in [0.4, 0.5) is 0 Å². The molecule has 0 amide bonds. The van der Waals surface area contributed by atoms with Gasteiger partial charge in [-0.15, -0.1) is 0 Å². The van der Waals surface area contributed by atoms with Crippen molar-refractivity contribution in [2.45, 2.75) is 32.4 Å². The maximum atomic E-state index is 6.11. The fraction of sp³-hybridized carbons (Fsp3) is 0.538. The van der Waals surface area contributed by atoms with Crippen LogP contribution in [0.1, 0.15) is 19.4 Å². The summed E-state index contributed by atoms with van der Waals surface area (Å²) < 4.78 is 11.9. The molecule has 0 saturated heterocycles. The van der Waals surface area contributed by atoms with Crippen molar-refractivity contribution in [1.29, 1.82) is 0 Å². The van der Waals surface area contributed by atoms with E-state index in [1.54, 1.807) is 7.11 Å². The number of halogens is 1. The molecule has 1 aromatic rings. The Hall–Kier alpha value is -0.580. The molecule has 2 N–H and O–H groups in total. The Kier molecular flexibility index (Phi) is 5.95. The average molecular weight is 302 g/mol. The molecule has 0 aliphatic carbocycles. The van der Waals surface area contributed by atoms with E-state index in [-0.39, 0.29) is 12.1 Å². The summed E-state index contributed by atoms with van der Waals surface area (Å²) in [5, 5.41) is 0. The summed E-state index contributed by atoms with van der Waals surface area (Å²) in [4.78, 5) is 0. The van der Waals surface area contributed by atoms with Crippen molar-refractivity contribution < 1.29 is 9.47 Å². The van der Waals surface area contributed by atoms with Gasteiger partial charge in [0.2, 0.25) is 0 Å². The summed E-state index contributed by atoms with van der Waals surface area (Å²) in [5.74, 6) is 0.868. The minimum absolute atomic E-state index is 0.0295. The van der Waals surface area contributed by atoms with Gasteiger partial charge in [0.1, 0.15) is 5.75 Å². The van der Waals surface area contributed by atoms with Crippen LogP contribution in [0.25, 0.3) is 0 Å². The van der Waals surface area contributed by atoms with E-state index in [2.05, 4.69) is 15.9 Å². The minimum atomic E-state index is -0.0295. The quantitative estimate of drug-likeness (QED) is 0.879. The summed E-state index contributed by atoms with van der Waals surface area (Å²) in [7, 11) is 1.67. The normalized spacial score (nSPS) is 14.4. The standard InChI is InChI=1S/C13H20BrNO2/c1-4-17-9(2)12(15)8-10-7-11(14)5-6-13(10)16-3/h5-7,9,12H,4,8,15H2,1-3H3. The molecule has 0 bridgehead atoms. The molecule has 1 rings (SSSR count). The number of ether oxygens (including phenoxy) is 2. The Bertz CT molecular complexity index is 357. The van der Waals surface area contributed by atoms with Crippen molar-refractivity contribution >= 4 is 15.9 Å². The molecule has 96 valence electrons. The van der Waals surface area contributed by atoms with Crippen molar-refractivity contribution in [2.24, 2.45) is 5.73 Å². The predicted molar refractivity (Wildman–Crippen MR) is 73.5 cm³/mol. The first-order chi connectivity index (χ1) is 8.08. The summed E-state index contributed by atoms with van der Waals surface area (Å²) >= 11 is 3.46. The van der Waals surface area contributed by atoms with E-state index in [1.165, 1.54) is 0 Å². The highest BCUT2D eigenvalue weighted by Gasteiger charge is 2.15. The van der Waals surface area contributed by atoms with Gasteiger partial charge in [-0.3, -0.25) is 0 Å². The van der Waals surface area contributed by atoms with Gasteiger partial charge in [0.25, 0.3) is 0 Å². The van der Waals surface area contributed by atoms with Gasteiger partial charge in [-0.05, 0) is 44.0 Å². The second kappa shape index (κ2) is 6.99. The molecular weight excluding hydrogens is 282 g/mol. The highest BCUT2D eigenvalue weighted by atomic mass is 79.9. The number of hydrogen-bond donors (Lipinski definition) is 1. The van der Waals surface area contributed by atoms with E-state index < -0.39 is 0 Å². The van der Waals surface area contributed by atoms with Crippen molar-refractivity contribution in [2.75, 3.05) is 13.7 Å². The summed E-state index contributed by atoms with van der Waals surface area (Å²) in [6, 6.07) is 5.91. The molecule has 0 spiro atoms. The van der Waals surface area contributed by atoms with Crippen LogP contribution in [-0.2, 0) is 11.2 Å². The fourth-order valence-electron chi connectivity index (χ4n) is 1.71. The molecule has 3 nitrogen and oxygen atoms in total. The first kappa shape index (κ1) is 14.5. The second-order valence-electron chi connectivity index (χ2n) is 3.98. The highest BCUT2D eigenvalue weighted by Crippen LogP contribution is 2.24. The maximum absolute atomic E-state index is 6.11. The number of methoxy groups -OCH3 is 1. The Labute approximate surface area is 111 Å². The lowest BCUT2D eigenvalue weighted by atomic mass is 10.0. The lowest BCUT2D eigenvalue weighted by molar-refractivity contribution is 0.0576. The molecule has 4 heteroatoms. The van der Waals surface area contributed by atoms with Gasteiger partial charge in [0.05, 0.1) is 13.2 Å². The van der Waals surface area contributed by atoms with E-state index >= 15 is 0 Å². The molecule has 0 radical (unpaired) electrons. The van der Waals surface area contributed by atoms with Crippen molar-refractivity contribution in [3.8, 4) is 5.75 Å². The smallest absolute Gasteiger partial charge is 0.122 e. The van der Waals surface area contributed by atoms with E-state index in [0.717, 1.165) is 22.2 Å². The highest BCUT2D eigenvalue weighted by molar-refractivity contribution is 9.10. The van der Waals surface area contributed by atoms with Gasteiger partial charge in [-0.25, -0.2) is 0 Å². The molecule has 2 atom stereocenters. The summed E-state index contributed by atoms with van der Waals surface area (Å²) in [6.07, 6.45) is 0.785. The van der Waals surface area contributed by atoms with Gasteiger partial charge < -0.3 is 15.2 Å². The Morgan fingerprint density at radius 2 is 2.12 bits per heavy atom. The molecular formula is C13H20BrNO2. The van der Waals surface area contributed by atoms with Gasteiger partial charge in [0, 0.05) is 17.1 Å². The van der Waals surface area contributed by atoms with Crippen LogP contribution in [0.2, 0.25) is 0 Å². The fourth-order valence-corrected chi connectivity index (χ4v) is 2.12. The first-order valence-electron chi connectivity index (χ1n) is 5.78. The van der Waals surface area contributed by atoms with Crippen LogP contribution in [-0.4, -0.2) is 25.9 Å². The summed E-state index contributed by atoms with van der Waals surface area (Å²) in [6.45, 7) is 4.66. The third-order valence-electron chi connectivity index (χ3n) is 2.73. The molecule has 0 fully saturated rings. The zero-order chi connectivity index (χ0) is 12.8. The largest absolute Gasteiger partial charge is 0.496 e. The topological polar surface area (TPSA) is 44.5 Å². The van der Waals surface area contributed by atoms with Crippen molar-refractivity contribution in [3.05, 3.63) is 28.2 Å². The molecule has 2 unspecified atom stereocenters.